The molecule has 92 valence electrons. The molecule has 0 bridgehead atoms. The third-order valence-corrected chi connectivity index (χ3v) is 2.38. The highest BCUT2D eigenvalue weighted by Crippen LogP contribution is 2.11. The number of β-amino-alcohol motifs (C(OH)–C–C–N with tert-alkyl or cyclic N) is 1. The summed E-state index contributed by atoms with van der Waals surface area (Å²) in [7, 11) is 0. The normalized spacial score (nSPS) is 14.1. The molecule has 0 radical (unpaired) electrons. The predicted molar refractivity (Wildman–Crippen MR) is 59.7 cm³/mol. The molecular formula is C9H17N3O3S. The summed E-state index contributed by atoms with van der Waals surface area (Å²) >= 11 is 1.04. The third-order valence-electron chi connectivity index (χ3n) is 1.92. The van der Waals surface area contributed by atoms with Crippen LogP contribution in [-0.2, 0) is 0 Å². The fourth-order valence-electron chi connectivity index (χ4n) is 0.927. The van der Waals surface area contributed by atoms with Crippen molar-refractivity contribution in [2.45, 2.75) is 32.4 Å². The summed E-state index contributed by atoms with van der Waals surface area (Å²) in [5, 5.41) is 20.3. The highest BCUT2D eigenvalue weighted by Gasteiger charge is 2.22. The lowest BCUT2D eigenvalue weighted by molar-refractivity contribution is -0.174. The lowest BCUT2D eigenvalue weighted by atomic mass is 10.1. The summed E-state index contributed by atoms with van der Waals surface area (Å²) in [4.78, 5) is 0. The van der Waals surface area contributed by atoms with Crippen molar-refractivity contribution in [1.29, 1.82) is 0 Å². The number of aromatic nitrogens is 2. The molecule has 1 aromatic heterocycles. The van der Waals surface area contributed by atoms with Crippen LogP contribution in [0, 0.1) is 0 Å². The van der Waals surface area contributed by atoms with E-state index in [0.717, 1.165) is 16.8 Å². The van der Waals surface area contributed by atoms with Gasteiger partial charge in [-0.3, -0.25) is 0 Å². The molecular weight excluding hydrogens is 230 g/mol. The van der Waals surface area contributed by atoms with E-state index in [9.17, 15) is 10.3 Å². The maximum Gasteiger partial charge on any atom is 0.245 e. The Morgan fingerprint density at radius 1 is 1.56 bits per heavy atom. The van der Waals surface area contributed by atoms with Gasteiger partial charge in [-0.25, -0.2) is 0 Å². The van der Waals surface area contributed by atoms with Crippen molar-refractivity contribution < 1.29 is 15.1 Å². The van der Waals surface area contributed by atoms with Gasteiger partial charge in [0.2, 0.25) is 5.88 Å². The molecule has 0 fully saturated rings. The maximum absolute atomic E-state index is 9.61. The fourth-order valence-corrected chi connectivity index (χ4v) is 1.29. The van der Waals surface area contributed by atoms with Crippen LogP contribution in [0.25, 0.3) is 0 Å². The highest BCUT2D eigenvalue weighted by atomic mass is 32.1. The van der Waals surface area contributed by atoms with Crippen LogP contribution in [0.2, 0.25) is 0 Å². The molecule has 16 heavy (non-hydrogen) atoms. The van der Waals surface area contributed by atoms with Crippen molar-refractivity contribution >= 4 is 11.7 Å². The summed E-state index contributed by atoms with van der Waals surface area (Å²) in [5.41, 5.74) is -0.400. The van der Waals surface area contributed by atoms with Gasteiger partial charge in [-0.1, -0.05) is 0 Å². The van der Waals surface area contributed by atoms with Crippen molar-refractivity contribution in [2.75, 3.05) is 13.2 Å². The lowest BCUT2D eigenvalue weighted by Crippen LogP contribution is -2.44. The van der Waals surface area contributed by atoms with Gasteiger partial charge in [-0.15, -0.1) is 4.37 Å². The van der Waals surface area contributed by atoms with Crippen molar-refractivity contribution in [3.63, 3.8) is 0 Å². The van der Waals surface area contributed by atoms with Gasteiger partial charge in [0.15, 0.2) is 0 Å². The van der Waals surface area contributed by atoms with Gasteiger partial charge >= 0.3 is 0 Å². The van der Waals surface area contributed by atoms with Gasteiger partial charge in [-0.05, 0) is 20.8 Å². The SMILES string of the molecule is CC(C)(C)N(O)CC(O)COc1cnsn1. The monoisotopic (exact) mass is 247 g/mol. The first-order valence-corrected chi connectivity index (χ1v) is 5.67. The van der Waals surface area contributed by atoms with Crippen LogP contribution in [0.5, 0.6) is 5.88 Å². The topological polar surface area (TPSA) is 78.7 Å². The zero-order chi connectivity index (χ0) is 12.2. The molecule has 0 spiro atoms. The molecule has 1 rings (SSSR count). The Morgan fingerprint density at radius 3 is 2.75 bits per heavy atom. The zero-order valence-electron chi connectivity index (χ0n) is 9.62. The number of aliphatic hydroxyl groups excluding tert-OH is 1. The molecule has 0 aliphatic carbocycles. The highest BCUT2D eigenvalue weighted by molar-refractivity contribution is 6.99. The van der Waals surface area contributed by atoms with E-state index in [1.807, 2.05) is 20.8 Å². The number of nitrogens with zero attached hydrogens (tertiary/aromatic N) is 3. The molecule has 1 heterocycles. The molecule has 0 amide bonds. The van der Waals surface area contributed by atoms with Gasteiger partial charge in [-0.2, -0.15) is 9.44 Å². The Bertz CT molecular complexity index is 299. The van der Waals surface area contributed by atoms with E-state index in [1.54, 1.807) is 0 Å². The first kappa shape index (κ1) is 13.3. The largest absolute Gasteiger partial charge is 0.473 e. The molecule has 0 saturated carbocycles. The lowest BCUT2D eigenvalue weighted by Gasteiger charge is -2.30. The summed E-state index contributed by atoms with van der Waals surface area (Å²) in [6.45, 7) is 5.76. The van der Waals surface area contributed by atoms with Crippen LogP contribution in [-0.4, -0.2) is 48.9 Å². The Morgan fingerprint density at radius 2 is 2.25 bits per heavy atom. The minimum absolute atomic E-state index is 0.0819. The van der Waals surface area contributed by atoms with E-state index in [4.69, 9.17) is 4.74 Å². The second-order valence-corrected chi connectivity index (χ2v) is 5.02. The second-order valence-electron chi connectivity index (χ2n) is 4.46. The van der Waals surface area contributed by atoms with E-state index in [0.29, 0.717) is 5.88 Å². The minimum atomic E-state index is -0.772. The fraction of sp³-hybridized carbons (Fsp3) is 0.778. The molecule has 2 N–H and O–H groups in total. The quantitative estimate of drug-likeness (QED) is 0.748. The molecule has 0 aliphatic heterocycles. The number of aliphatic hydroxyl groups is 1. The number of rotatable bonds is 5. The van der Waals surface area contributed by atoms with Crippen LogP contribution in [0.1, 0.15) is 20.8 Å². The summed E-state index contributed by atoms with van der Waals surface area (Å²) < 4.78 is 12.8. The van der Waals surface area contributed by atoms with Crippen LogP contribution in [0.3, 0.4) is 0 Å². The maximum atomic E-state index is 9.61. The van der Waals surface area contributed by atoms with Gasteiger partial charge in [0.25, 0.3) is 0 Å². The van der Waals surface area contributed by atoms with Crippen LogP contribution >= 0.6 is 11.7 Å². The minimum Gasteiger partial charge on any atom is -0.473 e. The standard InChI is InChI=1S/C9H17N3O3S/c1-9(2,3)12(14)5-7(13)6-15-8-4-10-16-11-8/h4,7,13-14H,5-6H2,1-3H3. The summed E-state index contributed by atoms with van der Waals surface area (Å²) in [5.74, 6) is 0.393. The van der Waals surface area contributed by atoms with Crippen molar-refractivity contribution in [2.24, 2.45) is 0 Å². The van der Waals surface area contributed by atoms with E-state index in [-0.39, 0.29) is 13.2 Å². The van der Waals surface area contributed by atoms with E-state index in [2.05, 4.69) is 8.75 Å². The first-order chi connectivity index (χ1) is 7.39. The Balaban J connectivity index is 2.28. The third kappa shape index (κ3) is 4.40. The van der Waals surface area contributed by atoms with Crippen molar-refractivity contribution in [1.82, 2.24) is 13.8 Å². The number of ether oxygens (including phenoxy) is 1. The Hall–Kier alpha value is -0.760. The van der Waals surface area contributed by atoms with Gasteiger partial charge in [0, 0.05) is 5.54 Å². The average molecular weight is 247 g/mol. The second kappa shape index (κ2) is 5.53. The molecule has 1 unspecified atom stereocenters. The molecule has 0 saturated heterocycles. The molecule has 0 aromatic carbocycles. The van der Waals surface area contributed by atoms with Crippen molar-refractivity contribution in [3.05, 3.63) is 6.20 Å². The molecule has 7 heteroatoms. The summed E-state index contributed by atoms with van der Waals surface area (Å²) in [6, 6.07) is 0. The van der Waals surface area contributed by atoms with E-state index in [1.165, 1.54) is 6.20 Å². The van der Waals surface area contributed by atoms with Crippen molar-refractivity contribution in [3.8, 4) is 5.88 Å². The van der Waals surface area contributed by atoms with Crippen LogP contribution in [0.4, 0.5) is 0 Å². The molecule has 1 aromatic rings. The van der Waals surface area contributed by atoms with Gasteiger partial charge in [0.05, 0.1) is 18.3 Å². The van der Waals surface area contributed by atoms with Crippen LogP contribution in [0.15, 0.2) is 6.20 Å². The smallest absolute Gasteiger partial charge is 0.245 e. The zero-order valence-corrected chi connectivity index (χ0v) is 10.4. The number of hydroxylamine groups is 2. The summed E-state index contributed by atoms with van der Waals surface area (Å²) in [6.07, 6.45) is 0.712. The molecule has 1 atom stereocenters. The molecule has 6 nitrogen and oxygen atoms in total. The Kier molecular flexibility index (Phi) is 4.60. The van der Waals surface area contributed by atoms with Gasteiger partial charge < -0.3 is 15.1 Å². The molecule has 0 aliphatic rings. The average Bonchev–Trinajstić information content (AvgIpc) is 2.65. The van der Waals surface area contributed by atoms with E-state index >= 15 is 0 Å². The van der Waals surface area contributed by atoms with Crippen LogP contribution < -0.4 is 4.74 Å². The number of hydrogen-bond donors (Lipinski definition) is 2. The van der Waals surface area contributed by atoms with E-state index < -0.39 is 11.6 Å². The Labute approximate surface area is 98.8 Å². The van der Waals surface area contributed by atoms with Gasteiger partial charge in [0.1, 0.15) is 18.9 Å². The predicted octanol–water partition coefficient (Wildman–Crippen LogP) is 0.768. The first-order valence-electron chi connectivity index (χ1n) is 4.94. The number of hydrogen-bond acceptors (Lipinski definition) is 7.